The van der Waals surface area contributed by atoms with Crippen LogP contribution >= 0.6 is 11.6 Å². The van der Waals surface area contributed by atoms with Crippen LogP contribution in [-0.4, -0.2) is 32.7 Å². The smallest absolute Gasteiger partial charge is 0.340 e. The quantitative estimate of drug-likeness (QED) is 0.452. The number of aromatic nitrogens is 3. The summed E-state index contributed by atoms with van der Waals surface area (Å²) < 4.78 is 7.77. The highest BCUT2D eigenvalue weighted by molar-refractivity contribution is 6.30. The third-order valence-corrected chi connectivity index (χ3v) is 5.01. The van der Waals surface area contributed by atoms with Crippen LogP contribution in [-0.2, 0) is 16.1 Å². The van der Waals surface area contributed by atoms with E-state index in [4.69, 9.17) is 16.3 Å². The molecular weight excluding hydrogens is 432 g/mol. The van der Waals surface area contributed by atoms with Gasteiger partial charge < -0.3 is 14.6 Å². The van der Waals surface area contributed by atoms with Crippen LogP contribution in [0.3, 0.4) is 0 Å². The van der Waals surface area contributed by atoms with Crippen molar-refractivity contribution in [3.8, 4) is 11.3 Å². The average molecular weight is 451 g/mol. The zero-order valence-corrected chi connectivity index (χ0v) is 17.9. The number of fused-ring (bicyclic) bond motifs is 1. The first-order chi connectivity index (χ1) is 15.5. The molecule has 32 heavy (non-hydrogen) atoms. The van der Waals surface area contributed by atoms with E-state index in [0.29, 0.717) is 21.9 Å². The first kappa shape index (κ1) is 21.3. The van der Waals surface area contributed by atoms with Crippen LogP contribution in [0.5, 0.6) is 0 Å². The van der Waals surface area contributed by atoms with Crippen molar-refractivity contribution in [2.24, 2.45) is 0 Å². The second kappa shape index (κ2) is 9.07. The van der Waals surface area contributed by atoms with Gasteiger partial charge in [-0.1, -0.05) is 35.9 Å². The van der Waals surface area contributed by atoms with Gasteiger partial charge in [0.15, 0.2) is 0 Å². The minimum atomic E-state index is -0.532. The van der Waals surface area contributed by atoms with Crippen LogP contribution in [0.4, 0.5) is 5.69 Å². The first-order valence-corrected chi connectivity index (χ1v) is 10.2. The number of nitrogens with one attached hydrogen (secondary N) is 1. The molecular formula is C23H19ClN4O4. The number of amides is 1. The summed E-state index contributed by atoms with van der Waals surface area (Å²) in [5.41, 5.74) is 1.96. The molecule has 2 aromatic heterocycles. The van der Waals surface area contributed by atoms with Gasteiger partial charge in [0, 0.05) is 23.0 Å². The van der Waals surface area contributed by atoms with Crippen molar-refractivity contribution in [1.82, 2.24) is 14.2 Å². The Morgan fingerprint density at radius 1 is 1.09 bits per heavy atom. The van der Waals surface area contributed by atoms with E-state index >= 15 is 0 Å². The number of anilines is 1. The molecule has 1 amide bonds. The Bertz CT molecular complexity index is 1360. The zero-order chi connectivity index (χ0) is 22.7. The fourth-order valence-electron chi connectivity index (χ4n) is 3.24. The maximum absolute atomic E-state index is 12.9. The number of benzene rings is 2. The summed E-state index contributed by atoms with van der Waals surface area (Å²) in [6.07, 6.45) is 3.10. The maximum atomic E-state index is 12.9. The van der Waals surface area contributed by atoms with Gasteiger partial charge in [-0.15, -0.1) is 0 Å². The first-order valence-electron chi connectivity index (χ1n) is 9.87. The van der Waals surface area contributed by atoms with Gasteiger partial charge in [-0.2, -0.15) is 5.10 Å². The molecule has 8 nitrogen and oxygen atoms in total. The molecule has 9 heteroatoms. The predicted molar refractivity (Wildman–Crippen MR) is 121 cm³/mol. The maximum Gasteiger partial charge on any atom is 0.340 e. The number of para-hydroxylation sites is 1. The highest BCUT2D eigenvalue weighted by Gasteiger charge is 2.15. The Morgan fingerprint density at radius 2 is 1.84 bits per heavy atom. The van der Waals surface area contributed by atoms with Crippen LogP contribution in [0.15, 0.2) is 71.8 Å². The molecule has 0 fully saturated rings. The van der Waals surface area contributed by atoms with Gasteiger partial charge in [-0.05, 0) is 37.3 Å². The molecule has 162 valence electrons. The van der Waals surface area contributed by atoms with Crippen LogP contribution < -0.4 is 10.9 Å². The molecule has 4 rings (SSSR count). The minimum absolute atomic E-state index is 0.222. The van der Waals surface area contributed by atoms with Crippen molar-refractivity contribution in [1.29, 1.82) is 0 Å². The van der Waals surface area contributed by atoms with Crippen molar-refractivity contribution in [2.75, 3.05) is 11.9 Å². The Hall–Kier alpha value is -3.91. The number of hydrogen-bond acceptors (Lipinski definition) is 5. The summed E-state index contributed by atoms with van der Waals surface area (Å²) in [6, 6.07) is 15.3. The minimum Gasteiger partial charge on any atom is -0.462 e. The molecule has 2 heterocycles. The largest absolute Gasteiger partial charge is 0.462 e. The SMILES string of the molecule is CCOC(=O)c1ccccc1NC(=O)Cn1ccn2nc(-c3ccc(Cl)cc3)cc2c1=O. The van der Waals surface area contributed by atoms with Crippen molar-refractivity contribution in [2.45, 2.75) is 13.5 Å². The van der Waals surface area contributed by atoms with E-state index < -0.39 is 11.9 Å². The summed E-state index contributed by atoms with van der Waals surface area (Å²) >= 11 is 5.93. The van der Waals surface area contributed by atoms with E-state index in [9.17, 15) is 14.4 Å². The lowest BCUT2D eigenvalue weighted by Crippen LogP contribution is -2.28. The lowest BCUT2D eigenvalue weighted by Gasteiger charge is -2.11. The molecule has 0 aliphatic carbocycles. The molecule has 2 aromatic carbocycles. The Balaban J connectivity index is 1.57. The monoisotopic (exact) mass is 450 g/mol. The molecule has 0 aliphatic heterocycles. The highest BCUT2D eigenvalue weighted by Crippen LogP contribution is 2.21. The van der Waals surface area contributed by atoms with Gasteiger partial charge >= 0.3 is 5.97 Å². The number of rotatable bonds is 6. The Morgan fingerprint density at radius 3 is 2.59 bits per heavy atom. The molecule has 0 bridgehead atoms. The van der Waals surface area contributed by atoms with Gasteiger partial charge in [-0.25, -0.2) is 9.31 Å². The van der Waals surface area contributed by atoms with Gasteiger partial charge in [0.1, 0.15) is 12.1 Å². The number of nitrogens with zero attached hydrogens (tertiary/aromatic N) is 3. The number of hydrogen-bond donors (Lipinski definition) is 1. The molecule has 1 N–H and O–H groups in total. The van der Waals surface area contributed by atoms with Gasteiger partial charge in [0.25, 0.3) is 5.56 Å². The molecule has 0 saturated heterocycles. The van der Waals surface area contributed by atoms with Crippen LogP contribution in [0.1, 0.15) is 17.3 Å². The van der Waals surface area contributed by atoms with Crippen LogP contribution in [0.2, 0.25) is 5.02 Å². The Labute approximate surface area is 188 Å². The average Bonchev–Trinajstić information content (AvgIpc) is 3.22. The third-order valence-electron chi connectivity index (χ3n) is 4.75. The van der Waals surface area contributed by atoms with Crippen molar-refractivity contribution in [3.63, 3.8) is 0 Å². The fourth-order valence-corrected chi connectivity index (χ4v) is 3.36. The summed E-state index contributed by atoms with van der Waals surface area (Å²) in [4.78, 5) is 37.6. The van der Waals surface area contributed by atoms with Gasteiger partial charge in [0.2, 0.25) is 5.91 Å². The number of carbonyl (C=O) groups excluding carboxylic acids is 2. The van der Waals surface area contributed by atoms with Crippen LogP contribution in [0, 0.1) is 0 Å². The van der Waals surface area contributed by atoms with Gasteiger partial charge in [-0.3, -0.25) is 9.59 Å². The number of halogens is 1. The Kier molecular flexibility index (Phi) is 6.04. The van der Waals surface area contributed by atoms with E-state index in [2.05, 4.69) is 10.4 Å². The van der Waals surface area contributed by atoms with E-state index in [-0.39, 0.29) is 24.3 Å². The highest BCUT2D eigenvalue weighted by atomic mass is 35.5. The van der Waals surface area contributed by atoms with Gasteiger partial charge in [0.05, 0.1) is 23.6 Å². The predicted octanol–water partition coefficient (Wildman–Crippen LogP) is 3.63. The van der Waals surface area contributed by atoms with Crippen molar-refractivity contribution < 1.29 is 14.3 Å². The molecule has 0 saturated carbocycles. The van der Waals surface area contributed by atoms with E-state index in [1.807, 2.05) is 12.1 Å². The summed E-state index contributed by atoms with van der Waals surface area (Å²) in [5, 5.41) is 7.70. The molecule has 0 radical (unpaired) electrons. The normalized spacial score (nSPS) is 10.8. The molecule has 0 aliphatic rings. The standard InChI is InChI=1S/C23H19ClN4O4/c1-2-32-23(31)17-5-3-4-6-18(17)25-21(29)14-27-11-12-28-20(22(27)30)13-19(26-28)15-7-9-16(24)10-8-15/h3-13H,2,14H2,1H3,(H,25,29). The molecule has 0 spiro atoms. The number of esters is 1. The second-order valence-electron chi connectivity index (χ2n) is 6.91. The lowest BCUT2D eigenvalue weighted by molar-refractivity contribution is -0.116. The van der Waals surface area contributed by atoms with Crippen molar-refractivity contribution >= 4 is 34.7 Å². The summed E-state index contributed by atoms with van der Waals surface area (Å²) in [7, 11) is 0. The lowest BCUT2D eigenvalue weighted by atomic mass is 10.1. The second-order valence-corrected chi connectivity index (χ2v) is 7.35. The summed E-state index contributed by atoms with van der Waals surface area (Å²) in [6.45, 7) is 1.70. The fraction of sp³-hybridized carbons (Fsp3) is 0.130. The van der Waals surface area contributed by atoms with E-state index in [0.717, 1.165) is 5.56 Å². The third kappa shape index (κ3) is 4.40. The van der Waals surface area contributed by atoms with Crippen LogP contribution in [0.25, 0.3) is 16.8 Å². The summed E-state index contributed by atoms with van der Waals surface area (Å²) in [5.74, 6) is -0.985. The van der Waals surface area contributed by atoms with E-state index in [1.165, 1.54) is 15.3 Å². The molecule has 0 atom stereocenters. The number of carbonyl (C=O) groups is 2. The molecule has 4 aromatic rings. The topological polar surface area (TPSA) is 94.7 Å². The molecule has 0 unspecified atom stereocenters. The van der Waals surface area contributed by atoms with Crippen molar-refractivity contribution in [3.05, 3.63) is 87.9 Å². The number of ether oxygens (including phenoxy) is 1. The van der Waals surface area contributed by atoms with E-state index in [1.54, 1.807) is 55.6 Å². The zero-order valence-electron chi connectivity index (χ0n) is 17.1.